The Morgan fingerprint density at radius 1 is 1.21 bits per heavy atom. The van der Waals surface area contributed by atoms with Crippen molar-refractivity contribution in [3.05, 3.63) is 71.4 Å². The lowest BCUT2D eigenvalue weighted by atomic mass is 9.95. The summed E-state index contributed by atoms with van der Waals surface area (Å²) >= 11 is 0. The van der Waals surface area contributed by atoms with E-state index in [9.17, 15) is 4.79 Å². The lowest BCUT2D eigenvalue weighted by molar-refractivity contribution is -0.137. The third-order valence-corrected chi connectivity index (χ3v) is 4.74. The molecule has 1 atom stereocenters. The summed E-state index contributed by atoms with van der Waals surface area (Å²) in [4.78, 5) is 11.1. The van der Waals surface area contributed by atoms with E-state index in [-0.39, 0.29) is 12.3 Å². The minimum Gasteiger partial charge on any atom is -0.489 e. The maximum Gasteiger partial charge on any atom is 0.304 e. The molecule has 1 heterocycles. The molecule has 2 aromatic carbocycles. The van der Waals surface area contributed by atoms with Crippen molar-refractivity contribution in [2.24, 2.45) is 5.92 Å². The molecule has 1 aromatic heterocycles. The first-order valence-corrected chi connectivity index (χ1v) is 9.90. The molecule has 0 aliphatic carbocycles. The van der Waals surface area contributed by atoms with Crippen LogP contribution in [0.25, 0.3) is 11.0 Å². The van der Waals surface area contributed by atoms with Crippen molar-refractivity contribution in [2.45, 2.75) is 46.1 Å². The van der Waals surface area contributed by atoms with Gasteiger partial charge in [0.05, 0.1) is 12.1 Å². The molecule has 29 heavy (non-hydrogen) atoms. The Kier molecular flexibility index (Phi) is 6.70. The molecule has 0 saturated carbocycles. The average molecular weight is 393 g/mol. The predicted molar refractivity (Wildman–Crippen MR) is 113 cm³/mol. The van der Waals surface area contributed by atoms with Crippen LogP contribution in [-0.2, 0) is 17.8 Å². The van der Waals surface area contributed by atoms with Gasteiger partial charge in [0.25, 0.3) is 0 Å². The number of rotatable bonds is 9. The summed E-state index contributed by atoms with van der Waals surface area (Å²) in [6.07, 6.45) is 4.74. The Balaban J connectivity index is 1.68. The summed E-state index contributed by atoms with van der Waals surface area (Å²) < 4.78 is 11.3. The topological polar surface area (TPSA) is 72.6 Å². The Labute approximate surface area is 171 Å². The van der Waals surface area contributed by atoms with Crippen LogP contribution in [0.3, 0.4) is 0 Å². The maximum atomic E-state index is 11.1. The van der Waals surface area contributed by atoms with Gasteiger partial charge in [0.15, 0.2) is 5.58 Å². The number of carboxylic acid groups (broad SMARTS) is 1. The third-order valence-electron chi connectivity index (χ3n) is 4.74. The molecule has 0 aliphatic rings. The van der Waals surface area contributed by atoms with Gasteiger partial charge in [-0.1, -0.05) is 49.4 Å². The zero-order valence-electron chi connectivity index (χ0n) is 17.1. The van der Waals surface area contributed by atoms with Crippen LogP contribution in [0, 0.1) is 5.92 Å². The smallest absolute Gasteiger partial charge is 0.304 e. The minimum absolute atomic E-state index is 0.0714. The zero-order valence-corrected chi connectivity index (χ0v) is 17.1. The largest absolute Gasteiger partial charge is 0.489 e. The Bertz CT molecular complexity index is 986. The van der Waals surface area contributed by atoms with E-state index in [0.717, 1.165) is 40.0 Å². The van der Waals surface area contributed by atoms with E-state index in [2.05, 4.69) is 25.1 Å². The fourth-order valence-corrected chi connectivity index (χ4v) is 3.35. The molecular weight excluding hydrogens is 366 g/mol. The van der Waals surface area contributed by atoms with Gasteiger partial charge >= 0.3 is 5.97 Å². The molecule has 3 aromatic rings. The highest BCUT2D eigenvalue weighted by molar-refractivity contribution is 5.80. The van der Waals surface area contributed by atoms with Gasteiger partial charge in [-0.3, -0.25) is 4.79 Å². The second-order valence-corrected chi connectivity index (χ2v) is 7.65. The quantitative estimate of drug-likeness (QED) is 0.469. The Morgan fingerprint density at radius 3 is 2.62 bits per heavy atom. The molecule has 0 bridgehead atoms. The molecule has 0 unspecified atom stereocenters. The van der Waals surface area contributed by atoms with Gasteiger partial charge in [0.1, 0.15) is 12.4 Å². The van der Waals surface area contributed by atoms with Crippen LogP contribution in [0.1, 0.15) is 49.9 Å². The molecule has 5 nitrogen and oxygen atoms in total. The van der Waals surface area contributed by atoms with E-state index in [1.807, 2.05) is 55.5 Å². The number of benzene rings is 2. The molecule has 0 amide bonds. The highest BCUT2D eigenvalue weighted by Crippen LogP contribution is 2.26. The number of aromatic nitrogens is 1. The van der Waals surface area contributed by atoms with Crippen molar-refractivity contribution in [1.82, 2.24) is 5.16 Å². The van der Waals surface area contributed by atoms with Crippen LogP contribution in [-0.4, -0.2) is 16.2 Å². The number of carbonyl (C=O) groups is 1. The SMILES string of the molecule is CC=C[C@H](CC(=O)O)c1ccc(OCc2ccc3onc(CC(C)C)c3c2)cc1. The molecule has 1 N–H and O–H groups in total. The molecule has 152 valence electrons. The highest BCUT2D eigenvalue weighted by atomic mass is 16.5. The van der Waals surface area contributed by atoms with Gasteiger partial charge in [-0.05, 0) is 54.7 Å². The number of aliphatic carboxylic acids is 1. The van der Waals surface area contributed by atoms with E-state index in [1.165, 1.54) is 0 Å². The zero-order chi connectivity index (χ0) is 20.8. The van der Waals surface area contributed by atoms with Crippen LogP contribution < -0.4 is 4.74 Å². The number of carboxylic acids is 1. The fourth-order valence-electron chi connectivity index (χ4n) is 3.35. The van der Waals surface area contributed by atoms with Crippen molar-refractivity contribution in [2.75, 3.05) is 0 Å². The lowest BCUT2D eigenvalue weighted by Gasteiger charge is -2.12. The third kappa shape index (κ3) is 5.47. The van der Waals surface area contributed by atoms with Crippen molar-refractivity contribution in [3.8, 4) is 5.75 Å². The summed E-state index contributed by atoms with van der Waals surface area (Å²) in [5, 5.41) is 14.3. The minimum atomic E-state index is -0.811. The van der Waals surface area contributed by atoms with E-state index >= 15 is 0 Å². The standard InChI is InChI=1S/C24H27NO4/c1-4-5-19(14-24(26)27)18-7-9-20(10-8-18)28-15-17-6-11-23-21(13-17)22(25-29-23)12-16(2)3/h4-11,13,16,19H,12,14-15H2,1-3H3,(H,26,27)/t19-/m1/s1. The predicted octanol–water partition coefficient (Wildman–Crippen LogP) is 5.74. The molecular formula is C24H27NO4. The van der Waals surface area contributed by atoms with E-state index in [0.29, 0.717) is 12.5 Å². The van der Waals surface area contributed by atoms with Crippen molar-refractivity contribution < 1.29 is 19.2 Å². The van der Waals surface area contributed by atoms with Gasteiger partial charge < -0.3 is 14.4 Å². The van der Waals surface area contributed by atoms with Crippen molar-refractivity contribution >= 4 is 16.9 Å². The Hall–Kier alpha value is -3.08. The van der Waals surface area contributed by atoms with Crippen molar-refractivity contribution in [1.29, 1.82) is 0 Å². The first kappa shape index (κ1) is 20.6. The van der Waals surface area contributed by atoms with Gasteiger partial charge in [0, 0.05) is 11.3 Å². The van der Waals surface area contributed by atoms with Crippen LogP contribution in [0.15, 0.2) is 59.1 Å². The van der Waals surface area contributed by atoms with Crippen LogP contribution in [0.4, 0.5) is 0 Å². The lowest BCUT2D eigenvalue weighted by Crippen LogP contribution is -2.04. The fraction of sp³-hybridized carbons (Fsp3) is 0.333. The molecule has 0 saturated heterocycles. The molecule has 0 spiro atoms. The summed E-state index contributed by atoms with van der Waals surface area (Å²) in [5.41, 5.74) is 3.78. The number of hydrogen-bond donors (Lipinski definition) is 1. The molecule has 3 rings (SSSR count). The summed E-state index contributed by atoms with van der Waals surface area (Å²) in [5.74, 6) is 0.307. The summed E-state index contributed by atoms with van der Waals surface area (Å²) in [6.45, 7) is 6.66. The number of nitrogens with zero attached hydrogens (tertiary/aromatic N) is 1. The maximum absolute atomic E-state index is 11.1. The average Bonchev–Trinajstić information content (AvgIpc) is 3.08. The van der Waals surface area contributed by atoms with Gasteiger partial charge in [-0.15, -0.1) is 0 Å². The van der Waals surface area contributed by atoms with Gasteiger partial charge in [0.2, 0.25) is 0 Å². The van der Waals surface area contributed by atoms with E-state index in [4.69, 9.17) is 14.4 Å². The summed E-state index contributed by atoms with van der Waals surface area (Å²) in [6, 6.07) is 13.6. The number of allylic oxidation sites excluding steroid dienone is 2. The van der Waals surface area contributed by atoms with Crippen molar-refractivity contribution in [3.63, 3.8) is 0 Å². The molecule has 0 fully saturated rings. The number of fused-ring (bicyclic) bond motifs is 1. The number of ether oxygens (including phenoxy) is 1. The first-order chi connectivity index (χ1) is 14.0. The molecule has 0 radical (unpaired) electrons. The van der Waals surface area contributed by atoms with E-state index < -0.39 is 5.97 Å². The van der Waals surface area contributed by atoms with Gasteiger partial charge in [-0.2, -0.15) is 0 Å². The van der Waals surface area contributed by atoms with Crippen LogP contribution >= 0.6 is 0 Å². The van der Waals surface area contributed by atoms with Gasteiger partial charge in [-0.25, -0.2) is 0 Å². The molecule has 5 heteroatoms. The van der Waals surface area contributed by atoms with E-state index in [1.54, 1.807) is 0 Å². The highest BCUT2D eigenvalue weighted by Gasteiger charge is 2.13. The number of hydrogen-bond acceptors (Lipinski definition) is 4. The normalized spacial score (nSPS) is 12.7. The first-order valence-electron chi connectivity index (χ1n) is 9.90. The van der Waals surface area contributed by atoms with Crippen LogP contribution in [0.5, 0.6) is 5.75 Å². The summed E-state index contributed by atoms with van der Waals surface area (Å²) in [7, 11) is 0. The second kappa shape index (κ2) is 9.41. The second-order valence-electron chi connectivity index (χ2n) is 7.65. The monoisotopic (exact) mass is 393 g/mol. The molecule has 0 aliphatic heterocycles. The van der Waals surface area contributed by atoms with Crippen LogP contribution in [0.2, 0.25) is 0 Å². The Morgan fingerprint density at radius 2 is 1.97 bits per heavy atom.